The van der Waals surface area contributed by atoms with Crippen LogP contribution in [0.15, 0.2) is 35.4 Å². The van der Waals surface area contributed by atoms with Crippen LogP contribution in [0.4, 0.5) is 0 Å². The number of aromatic nitrogens is 3. The molecular weight excluding hydrogens is 316 g/mol. The van der Waals surface area contributed by atoms with E-state index in [4.69, 9.17) is 5.14 Å². The average Bonchev–Trinajstić information content (AvgIpc) is 2.95. The van der Waals surface area contributed by atoms with Gasteiger partial charge in [-0.25, -0.2) is 18.2 Å². The summed E-state index contributed by atoms with van der Waals surface area (Å²) in [6.45, 7) is 0. The van der Waals surface area contributed by atoms with Crippen molar-refractivity contribution in [2.24, 2.45) is 5.14 Å². The number of nitrogens with zero attached hydrogens (tertiary/aromatic N) is 3. The summed E-state index contributed by atoms with van der Waals surface area (Å²) < 4.78 is 24.1. The fourth-order valence-corrected chi connectivity index (χ4v) is 3.53. The van der Waals surface area contributed by atoms with E-state index in [0.717, 1.165) is 31.4 Å². The summed E-state index contributed by atoms with van der Waals surface area (Å²) in [6.07, 6.45) is 7.09. The molecule has 0 aliphatic heterocycles. The minimum Gasteiger partial charge on any atom is -0.389 e. The number of benzene rings is 1. The molecule has 3 N–H and O–H groups in total. The molecule has 0 bridgehead atoms. The molecule has 1 aliphatic carbocycles. The van der Waals surface area contributed by atoms with E-state index in [0.29, 0.717) is 12.1 Å². The van der Waals surface area contributed by atoms with Gasteiger partial charge in [0, 0.05) is 6.42 Å². The van der Waals surface area contributed by atoms with Gasteiger partial charge in [0.15, 0.2) is 0 Å². The van der Waals surface area contributed by atoms with Crippen LogP contribution in [0.2, 0.25) is 0 Å². The highest BCUT2D eigenvalue weighted by Gasteiger charge is 2.30. The van der Waals surface area contributed by atoms with Gasteiger partial charge in [-0.05, 0) is 37.1 Å². The van der Waals surface area contributed by atoms with Gasteiger partial charge in [-0.15, -0.1) is 5.10 Å². The predicted octanol–water partition coefficient (Wildman–Crippen LogP) is 1.15. The lowest BCUT2D eigenvalue weighted by atomic mass is 9.82. The summed E-state index contributed by atoms with van der Waals surface area (Å²) in [7, 11) is -3.70. The summed E-state index contributed by atoms with van der Waals surface area (Å²) in [4.78, 5) is 0.0538. The van der Waals surface area contributed by atoms with Crippen LogP contribution < -0.4 is 5.14 Å². The molecule has 1 aliphatic rings. The van der Waals surface area contributed by atoms with E-state index in [2.05, 4.69) is 10.3 Å². The summed E-state index contributed by atoms with van der Waals surface area (Å²) in [5.74, 6) is 0. The van der Waals surface area contributed by atoms with Crippen molar-refractivity contribution in [2.75, 3.05) is 0 Å². The molecule has 23 heavy (non-hydrogen) atoms. The van der Waals surface area contributed by atoms with Crippen LogP contribution in [-0.2, 0) is 16.4 Å². The van der Waals surface area contributed by atoms with Crippen molar-refractivity contribution in [1.82, 2.24) is 15.0 Å². The van der Waals surface area contributed by atoms with Crippen molar-refractivity contribution in [3.63, 3.8) is 0 Å². The topological polar surface area (TPSA) is 111 Å². The van der Waals surface area contributed by atoms with Gasteiger partial charge in [-0.3, -0.25) is 0 Å². The second kappa shape index (κ2) is 6.03. The number of hydrogen-bond acceptors (Lipinski definition) is 5. The second-order valence-electron chi connectivity index (χ2n) is 6.16. The average molecular weight is 336 g/mol. The first-order chi connectivity index (χ1) is 10.9. The van der Waals surface area contributed by atoms with Crippen LogP contribution in [0.5, 0.6) is 0 Å². The maximum atomic E-state index is 11.3. The lowest BCUT2D eigenvalue weighted by Crippen LogP contribution is -2.33. The van der Waals surface area contributed by atoms with Crippen LogP contribution in [0, 0.1) is 0 Å². The first-order valence-electron chi connectivity index (χ1n) is 7.63. The van der Waals surface area contributed by atoms with Crippen molar-refractivity contribution in [3.05, 3.63) is 36.2 Å². The third-order valence-corrected chi connectivity index (χ3v) is 5.19. The molecule has 0 saturated heterocycles. The third-order valence-electron chi connectivity index (χ3n) is 4.27. The monoisotopic (exact) mass is 336 g/mol. The zero-order valence-electron chi connectivity index (χ0n) is 12.7. The Kier molecular flexibility index (Phi) is 4.22. The molecule has 1 aromatic carbocycles. The molecule has 0 unspecified atom stereocenters. The Labute approximate surface area is 135 Å². The lowest BCUT2D eigenvalue weighted by Gasteiger charge is -2.31. The van der Waals surface area contributed by atoms with Crippen molar-refractivity contribution < 1.29 is 13.5 Å². The van der Waals surface area contributed by atoms with Gasteiger partial charge in [-0.1, -0.05) is 24.5 Å². The molecule has 0 atom stereocenters. The van der Waals surface area contributed by atoms with Gasteiger partial charge >= 0.3 is 0 Å². The highest BCUT2D eigenvalue weighted by Crippen LogP contribution is 2.30. The molecule has 1 heterocycles. The van der Waals surface area contributed by atoms with Crippen molar-refractivity contribution in [1.29, 1.82) is 0 Å². The van der Waals surface area contributed by atoms with E-state index in [9.17, 15) is 13.5 Å². The van der Waals surface area contributed by atoms with Gasteiger partial charge in [0.25, 0.3) is 0 Å². The van der Waals surface area contributed by atoms with Crippen LogP contribution in [0.3, 0.4) is 0 Å². The van der Waals surface area contributed by atoms with E-state index in [1.54, 1.807) is 23.0 Å². The number of rotatable bonds is 4. The Morgan fingerprint density at radius 1 is 1.17 bits per heavy atom. The van der Waals surface area contributed by atoms with E-state index in [1.807, 2.05) is 0 Å². The smallest absolute Gasteiger partial charge is 0.238 e. The number of nitrogens with two attached hydrogens (primary N) is 1. The molecule has 0 radical (unpaired) electrons. The third kappa shape index (κ3) is 3.77. The van der Waals surface area contributed by atoms with Crippen molar-refractivity contribution >= 4 is 10.0 Å². The number of sulfonamides is 1. The molecule has 7 nitrogen and oxygen atoms in total. The van der Waals surface area contributed by atoms with Gasteiger partial charge in [-0.2, -0.15) is 0 Å². The van der Waals surface area contributed by atoms with Crippen LogP contribution >= 0.6 is 0 Å². The van der Waals surface area contributed by atoms with E-state index >= 15 is 0 Å². The number of hydrogen-bond donors (Lipinski definition) is 2. The van der Waals surface area contributed by atoms with Gasteiger partial charge in [0.2, 0.25) is 10.0 Å². The minimum absolute atomic E-state index is 0.0538. The molecule has 2 aromatic rings. The summed E-state index contributed by atoms with van der Waals surface area (Å²) >= 11 is 0. The highest BCUT2D eigenvalue weighted by molar-refractivity contribution is 7.89. The quantitative estimate of drug-likeness (QED) is 0.870. The Morgan fingerprint density at radius 3 is 2.43 bits per heavy atom. The zero-order chi connectivity index (χ0) is 16.5. The molecule has 1 saturated carbocycles. The van der Waals surface area contributed by atoms with Crippen LogP contribution in [0.1, 0.15) is 37.8 Å². The number of primary sulfonamides is 1. The summed E-state index contributed by atoms with van der Waals surface area (Å²) in [6, 6.07) is 6.10. The molecule has 1 aromatic heterocycles. The maximum absolute atomic E-state index is 11.3. The molecular formula is C15H20N4O3S. The fraction of sp³-hybridized carbons (Fsp3) is 0.467. The second-order valence-corrected chi connectivity index (χ2v) is 7.72. The molecule has 8 heteroatoms. The Balaban J connectivity index is 1.76. The molecule has 124 valence electrons. The SMILES string of the molecule is NS(=O)(=O)c1ccc(-n2cc(CC3(O)CCCCC3)nn2)cc1. The Morgan fingerprint density at radius 2 is 1.83 bits per heavy atom. The predicted molar refractivity (Wildman–Crippen MR) is 84.5 cm³/mol. The maximum Gasteiger partial charge on any atom is 0.238 e. The molecule has 0 spiro atoms. The zero-order valence-corrected chi connectivity index (χ0v) is 13.5. The standard InChI is InChI=1S/C15H20N4O3S/c16-23(21,22)14-6-4-13(5-7-14)19-11-12(17-18-19)10-15(20)8-2-1-3-9-15/h4-7,11,20H,1-3,8-10H2,(H2,16,21,22). The van der Waals surface area contributed by atoms with E-state index in [-0.39, 0.29) is 4.90 Å². The van der Waals surface area contributed by atoms with E-state index in [1.165, 1.54) is 18.6 Å². The Bertz CT molecular complexity index is 777. The highest BCUT2D eigenvalue weighted by atomic mass is 32.2. The van der Waals surface area contributed by atoms with Crippen LogP contribution in [0.25, 0.3) is 5.69 Å². The lowest BCUT2D eigenvalue weighted by molar-refractivity contribution is 0.00364. The van der Waals surface area contributed by atoms with Crippen LogP contribution in [-0.4, -0.2) is 34.1 Å². The first-order valence-corrected chi connectivity index (χ1v) is 9.17. The van der Waals surface area contributed by atoms with Gasteiger partial charge < -0.3 is 5.11 Å². The normalized spacial score (nSPS) is 18.0. The molecule has 3 rings (SSSR count). The fourth-order valence-electron chi connectivity index (χ4n) is 3.02. The Hall–Kier alpha value is -1.77. The molecule has 0 amide bonds. The van der Waals surface area contributed by atoms with Gasteiger partial charge in [0.1, 0.15) is 0 Å². The largest absolute Gasteiger partial charge is 0.389 e. The minimum atomic E-state index is -3.70. The van der Waals surface area contributed by atoms with Crippen molar-refractivity contribution in [3.8, 4) is 5.69 Å². The first kappa shape index (κ1) is 16.1. The summed E-state index contributed by atoms with van der Waals surface area (Å²) in [5.41, 5.74) is 0.730. The van der Waals surface area contributed by atoms with Crippen molar-refractivity contribution in [2.45, 2.75) is 49.0 Å². The van der Waals surface area contributed by atoms with Gasteiger partial charge in [0.05, 0.1) is 28.1 Å². The summed E-state index contributed by atoms with van der Waals surface area (Å²) in [5, 5.41) is 23.8. The number of aliphatic hydroxyl groups is 1. The van der Waals surface area contributed by atoms with E-state index < -0.39 is 15.6 Å². The molecule has 1 fully saturated rings.